The molecule has 0 aromatic carbocycles. The van der Waals surface area contributed by atoms with Gasteiger partial charge in [-0.1, -0.05) is 105 Å². The van der Waals surface area contributed by atoms with Crippen molar-refractivity contribution in [2.75, 3.05) is 6.61 Å². The van der Waals surface area contributed by atoms with Gasteiger partial charge in [-0.3, -0.25) is 4.79 Å². The number of esters is 2. The maximum atomic E-state index is 12.6. The minimum Gasteiger partial charge on any atom is -0.460 e. The third-order valence-electron chi connectivity index (χ3n) is 13.6. The van der Waals surface area contributed by atoms with Gasteiger partial charge in [0.05, 0.1) is 0 Å². The maximum absolute atomic E-state index is 12.6. The van der Waals surface area contributed by atoms with Crippen LogP contribution in [-0.2, 0) is 19.1 Å². The Morgan fingerprint density at radius 2 is 1.60 bits per heavy atom. The summed E-state index contributed by atoms with van der Waals surface area (Å²) in [7, 11) is 0. The molecular formula is C40H69NO4. The van der Waals surface area contributed by atoms with Crippen LogP contribution in [0.1, 0.15) is 165 Å². The molecule has 0 heterocycles. The Morgan fingerprint density at radius 1 is 0.911 bits per heavy atom. The lowest BCUT2D eigenvalue weighted by Crippen LogP contribution is -2.55. The zero-order valence-electron chi connectivity index (χ0n) is 30.5. The van der Waals surface area contributed by atoms with Crippen molar-refractivity contribution >= 4 is 11.9 Å². The third kappa shape index (κ3) is 7.86. The minimum absolute atomic E-state index is 0.113. The first-order valence-electron chi connectivity index (χ1n) is 19.1. The van der Waals surface area contributed by atoms with Crippen molar-refractivity contribution in [3.05, 3.63) is 11.1 Å². The van der Waals surface area contributed by atoms with Gasteiger partial charge < -0.3 is 15.2 Å². The Hall–Kier alpha value is -1.36. The normalized spacial score (nSPS) is 33.8. The van der Waals surface area contributed by atoms with Crippen LogP contribution in [0.25, 0.3) is 0 Å². The molecule has 0 aliphatic heterocycles. The van der Waals surface area contributed by atoms with E-state index in [9.17, 15) is 9.59 Å². The molecule has 0 bridgehead atoms. The first kappa shape index (κ1) is 36.5. The highest BCUT2D eigenvalue weighted by atomic mass is 16.6. The SMILES string of the molecule is CCCCC(N)(CCCC)C1=C2C[C@@H](OC(=O)COC(C)=O)CC[C@]2(C)[C@H]2CC[C@]3(C)[C@@H]([C@H](C)CCCC(C)C)CC[C@H]3[C@@H]2C1. The van der Waals surface area contributed by atoms with Crippen molar-refractivity contribution in [3.8, 4) is 0 Å². The first-order chi connectivity index (χ1) is 21.3. The lowest BCUT2D eigenvalue weighted by molar-refractivity contribution is -0.163. The molecule has 4 aliphatic carbocycles. The summed E-state index contributed by atoms with van der Waals surface area (Å²) in [4.78, 5) is 24.0. The van der Waals surface area contributed by atoms with E-state index in [-0.39, 0.29) is 23.7 Å². The summed E-state index contributed by atoms with van der Waals surface area (Å²) in [5, 5.41) is 0. The van der Waals surface area contributed by atoms with Crippen molar-refractivity contribution in [1.29, 1.82) is 0 Å². The number of ether oxygens (including phenoxy) is 2. The first-order valence-corrected chi connectivity index (χ1v) is 19.1. The highest BCUT2D eigenvalue weighted by molar-refractivity contribution is 5.75. The van der Waals surface area contributed by atoms with Crippen molar-refractivity contribution in [1.82, 2.24) is 0 Å². The molecule has 3 saturated carbocycles. The number of hydrogen-bond acceptors (Lipinski definition) is 5. The van der Waals surface area contributed by atoms with Gasteiger partial charge in [0.25, 0.3) is 0 Å². The molecule has 0 unspecified atom stereocenters. The van der Waals surface area contributed by atoms with Crippen LogP contribution >= 0.6 is 0 Å². The lowest BCUT2D eigenvalue weighted by Gasteiger charge is -2.61. The Morgan fingerprint density at radius 3 is 2.22 bits per heavy atom. The Balaban J connectivity index is 1.67. The van der Waals surface area contributed by atoms with Gasteiger partial charge in [-0.15, -0.1) is 0 Å². The molecule has 8 atom stereocenters. The monoisotopic (exact) mass is 628 g/mol. The van der Waals surface area contributed by atoms with Crippen molar-refractivity contribution < 1.29 is 19.1 Å². The van der Waals surface area contributed by atoms with E-state index in [1.165, 1.54) is 57.4 Å². The number of nitrogens with two attached hydrogens (primary N) is 1. The molecule has 258 valence electrons. The van der Waals surface area contributed by atoms with Gasteiger partial charge in [-0.2, -0.15) is 0 Å². The molecule has 5 nitrogen and oxygen atoms in total. The molecule has 0 spiro atoms. The van der Waals surface area contributed by atoms with Crippen LogP contribution in [0, 0.1) is 46.3 Å². The van der Waals surface area contributed by atoms with Crippen molar-refractivity contribution in [3.63, 3.8) is 0 Å². The van der Waals surface area contributed by atoms with Gasteiger partial charge in [-0.05, 0) is 104 Å². The highest BCUT2D eigenvalue weighted by Crippen LogP contribution is 2.69. The summed E-state index contributed by atoms with van der Waals surface area (Å²) < 4.78 is 10.9. The van der Waals surface area contributed by atoms with Crippen LogP contribution in [0.4, 0.5) is 0 Å². The van der Waals surface area contributed by atoms with Crippen LogP contribution in [-0.4, -0.2) is 30.2 Å². The van der Waals surface area contributed by atoms with E-state index in [1.54, 1.807) is 5.57 Å². The average molecular weight is 628 g/mol. The van der Waals surface area contributed by atoms with Gasteiger partial charge in [0, 0.05) is 18.9 Å². The third-order valence-corrected chi connectivity index (χ3v) is 13.6. The summed E-state index contributed by atoms with van der Waals surface area (Å²) in [6, 6.07) is 0. The zero-order valence-corrected chi connectivity index (χ0v) is 30.5. The van der Waals surface area contributed by atoms with E-state index in [0.717, 1.165) is 87.9 Å². The molecule has 4 rings (SSSR count). The molecule has 4 aliphatic rings. The number of fused-ring (bicyclic) bond motifs is 5. The molecule has 0 aromatic heterocycles. The Labute approximate surface area is 276 Å². The Kier molecular flexibility index (Phi) is 12.4. The standard InChI is InChI=1S/C40H69NO4/c1-9-11-20-40(41,21-12-10-2)36-25-31-33-17-16-32(28(5)15-13-14-27(3)4)38(33,7)23-19-34(31)39(8)22-18-30(24-35(36)39)45-37(43)26-44-29(6)42/h27-28,30-34H,9-26,41H2,1-8H3/t28-,30+,31+,32-,33+,34+,38-,39-/m1/s1. The van der Waals surface area contributed by atoms with Gasteiger partial charge in [0.15, 0.2) is 6.61 Å². The van der Waals surface area contributed by atoms with Gasteiger partial charge >= 0.3 is 11.9 Å². The molecule has 3 fully saturated rings. The van der Waals surface area contributed by atoms with Crippen molar-refractivity contribution in [2.45, 2.75) is 176 Å². The van der Waals surface area contributed by atoms with Crippen LogP contribution in [0.5, 0.6) is 0 Å². The fraction of sp³-hybridized carbons (Fsp3) is 0.900. The smallest absolute Gasteiger partial charge is 0.344 e. The molecule has 0 radical (unpaired) electrons. The van der Waals surface area contributed by atoms with Crippen LogP contribution in [0.3, 0.4) is 0 Å². The second-order valence-corrected chi connectivity index (χ2v) is 17.0. The molecule has 0 amide bonds. The maximum Gasteiger partial charge on any atom is 0.344 e. The van der Waals surface area contributed by atoms with E-state index >= 15 is 0 Å². The molecule has 2 N–H and O–H groups in total. The largest absolute Gasteiger partial charge is 0.460 e. The van der Waals surface area contributed by atoms with E-state index < -0.39 is 11.9 Å². The second-order valence-electron chi connectivity index (χ2n) is 17.0. The lowest BCUT2D eigenvalue weighted by atomic mass is 9.44. The van der Waals surface area contributed by atoms with Gasteiger partial charge in [-0.25, -0.2) is 4.79 Å². The van der Waals surface area contributed by atoms with E-state index in [0.29, 0.717) is 17.3 Å². The minimum atomic E-state index is -0.449. The topological polar surface area (TPSA) is 78.6 Å². The predicted octanol–water partition coefficient (Wildman–Crippen LogP) is 9.95. The van der Waals surface area contributed by atoms with E-state index in [1.807, 2.05) is 0 Å². The van der Waals surface area contributed by atoms with Crippen molar-refractivity contribution in [2.24, 2.45) is 52.1 Å². The van der Waals surface area contributed by atoms with Crippen LogP contribution in [0.15, 0.2) is 11.1 Å². The molecular weight excluding hydrogens is 558 g/mol. The Bertz CT molecular complexity index is 1040. The number of rotatable bonds is 15. The van der Waals surface area contributed by atoms with E-state index in [2.05, 4.69) is 48.5 Å². The fourth-order valence-electron chi connectivity index (χ4n) is 11.2. The fourth-order valence-corrected chi connectivity index (χ4v) is 11.2. The predicted molar refractivity (Wildman–Crippen MR) is 184 cm³/mol. The number of carbonyl (C=O) groups is 2. The number of carbonyl (C=O) groups excluding carboxylic acids is 2. The van der Waals surface area contributed by atoms with Crippen LogP contribution in [0.2, 0.25) is 0 Å². The molecule has 0 saturated heterocycles. The molecule has 45 heavy (non-hydrogen) atoms. The quantitative estimate of drug-likeness (QED) is 0.144. The number of hydrogen-bond donors (Lipinski definition) is 1. The van der Waals surface area contributed by atoms with Gasteiger partial charge in [0.2, 0.25) is 0 Å². The summed E-state index contributed by atoms with van der Waals surface area (Å²) in [5.41, 5.74) is 11.0. The summed E-state index contributed by atoms with van der Waals surface area (Å²) >= 11 is 0. The highest BCUT2D eigenvalue weighted by Gasteiger charge is 2.61. The molecule has 5 heteroatoms. The summed E-state index contributed by atoms with van der Waals surface area (Å²) in [6.45, 7) is 18.2. The molecule has 0 aromatic rings. The van der Waals surface area contributed by atoms with E-state index in [4.69, 9.17) is 15.2 Å². The van der Waals surface area contributed by atoms with Gasteiger partial charge in [0.1, 0.15) is 6.10 Å². The second kappa shape index (κ2) is 15.2. The summed E-state index contributed by atoms with van der Waals surface area (Å²) in [5.74, 6) is 3.73. The number of unbranched alkanes of at least 4 members (excludes halogenated alkanes) is 2. The van der Waals surface area contributed by atoms with Crippen LogP contribution < -0.4 is 5.73 Å². The summed E-state index contributed by atoms with van der Waals surface area (Å²) in [6.07, 6.45) is 20.0. The zero-order chi connectivity index (χ0) is 33.0. The average Bonchev–Trinajstić information content (AvgIpc) is 3.35.